The average molecular weight is 428 g/mol. The number of esters is 1. The van der Waals surface area contributed by atoms with Crippen LogP contribution in [0.1, 0.15) is 38.7 Å². The Labute approximate surface area is 183 Å². The Kier molecular flexibility index (Phi) is 7.71. The van der Waals surface area contributed by atoms with Crippen LogP contribution in [0.5, 0.6) is 0 Å². The molecular weight excluding hydrogens is 394 g/mol. The average Bonchev–Trinajstić information content (AvgIpc) is 2.78. The van der Waals surface area contributed by atoms with Gasteiger partial charge in [0.25, 0.3) is 10.9 Å². The summed E-state index contributed by atoms with van der Waals surface area (Å²) in [5.41, 5.74) is 2.33. The van der Waals surface area contributed by atoms with E-state index in [1.54, 1.807) is 6.92 Å². The van der Waals surface area contributed by atoms with Gasteiger partial charge in [-0.25, -0.2) is 0 Å². The number of hydrogen-bond acceptors (Lipinski definition) is 7. The zero-order valence-electron chi connectivity index (χ0n) is 18.8. The van der Waals surface area contributed by atoms with Gasteiger partial charge in [-0.2, -0.15) is 0 Å². The van der Waals surface area contributed by atoms with Gasteiger partial charge in [0.1, 0.15) is 11.4 Å². The fourth-order valence-electron chi connectivity index (χ4n) is 4.26. The molecule has 3 rings (SSSR count). The maximum atomic E-state index is 12.3. The quantitative estimate of drug-likeness (QED) is 0.355. The standard InChI is InChI=1S/C24H33N3O4/c1-4-26(19-11-6-9-17(3)15-19)14-8-12-25-20-21(23(29)22(20)28)27-13-7-10-18(16-27)24(30)31-5-2/h6,9,11,15,18,25H,4-5,7-8,10,12-14,16H2,1-3H3/t18-/m0/s1. The molecule has 1 fully saturated rings. The number of anilines is 3. The van der Waals surface area contributed by atoms with Crippen molar-refractivity contribution in [3.63, 3.8) is 0 Å². The first-order chi connectivity index (χ1) is 15.0. The molecule has 0 aliphatic carbocycles. The molecule has 2 aromatic rings. The number of carbonyl (C=O) groups excluding carboxylic acids is 1. The topological polar surface area (TPSA) is 79.0 Å². The Balaban J connectivity index is 1.57. The number of nitrogens with one attached hydrogen (secondary N) is 1. The maximum absolute atomic E-state index is 12.3. The fourth-order valence-corrected chi connectivity index (χ4v) is 4.26. The lowest BCUT2D eigenvalue weighted by Crippen LogP contribution is -2.47. The van der Waals surface area contributed by atoms with Crippen LogP contribution < -0.4 is 26.0 Å². The summed E-state index contributed by atoms with van der Waals surface area (Å²) in [4.78, 5) is 40.7. The molecule has 1 heterocycles. The Bertz CT molecular complexity index is 964. The van der Waals surface area contributed by atoms with Gasteiger partial charge < -0.3 is 19.9 Å². The minimum atomic E-state index is -0.459. The number of hydrogen-bond donors (Lipinski definition) is 1. The number of aryl methyl sites for hydroxylation is 1. The van der Waals surface area contributed by atoms with Gasteiger partial charge in [0.05, 0.1) is 12.5 Å². The zero-order valence-corrected chi connectivity index (χ0v) is 18.8. The van der Waals surface area contributed by atoms with E-state index in [-0.39, 0.29) is 11.9 Å². The van der Waals surface area contributed by atoms with Crippen molar-refractivity contribution < 1.29 is 9.53 Å². The number of ether oxygens (including phenoxy) is 1. The van der Waals surface area contributed by atoms with E-state index in [0.717, 1.165) is 32.4 Å². The summed E-state index contributed by atoms with van der Waals surface area (Å²) < 4.78 is 5.14. The van der Waals surface area contributed by atoms with Crippen molar-refractivity contribution in [2.24, 2.45) is 5.92 Å². The lowest BCUT2D eigenvalue weighted by atomic mass is 9.96. The molecule has 1 aliphatic heterocycles. The van der Waals surface area contributed by atoms with Crippen LogP contribution in [-0.4, -0.2) is 45.3 Å². The minimum absolute atomic E-state index is 0.226. The van der Waals surface area contributed by atoms with E-state index in [4.69, 9.17) is 4.74 Å². The molecule has 7 nitrogen and oxygen atoms in total. The maximum Gasteiger partial charge on any atom is 0.310 e. The molecule has 0 bridgehead atoms. The van der Waals surface area contributed by atoms with Gasteiger partial charge in [0, 0.05) is 38.4 Å². The number of carbonyl (C=O) groups is 1. The molecule has 0 saturated carbocycles. The van der Waals surface area contributed by atoms with Crippen molar-refractivity contribution in [2.45, 2.75) is 40.0 Å². The van der Waals surface area contributed by atoms with E-state index in [2.05, 4.69) is 48.3 Å². The molecule has 7 heteroatoms. The predicted octanol–water partition coefficient (Wildman–Crippen LogP) is 2.70. The molecule has 0 aromatic heterocycles. The highest BCUT2D eigenvalue weighted by Crippen LogP contribution is 2.27. The number of piperidine rings is 1. The van der Waals surface area contributed by atoms with Gasteiger partial charge in [-0.05, 0) is 57.7 Å². The molecule has 2 aromatic carbocycles. The van der Waals surface area contributed by atoms with Gasteiger partial charge in [-0.1, -0.05) is 12.1 Å². The van der Waals surface area contributed by atoms with Gasteiger partial charge in [-0.15, -0.1) is 0 Å². The fraction of sp³-hybridized carbons (Fsp3) is 0.542. The van der Waals surface area contributed by atoms with Crippen molar-refractivity contribution in [3.8, 4) is 0 Å². The molecular formula is C24H33N3O4. The number of rotatable bonds is 10. The van der Waals surface area contributed by atoms with Gasteiger partial charge >= 0.3 is 5.97 Å². The first-order valence-electron chi connectivity index (χ1n) is 11.3. The third-order valence-corrected chi connectivity index (χ3v) is 5.90. The van der Waals surface area contributed by atoms with Gasteiger partial charge in [0.2, 0.25) is 0 Å². The summed E-state index contributed by atoms with van der Waals surface area (Å²) >= 11 is 0. The SMILES string of the molecule is CCOC(=O)[C@H]1CCCN(c2c(NCCCN(CC)c3cccc(C)c3)c(=O)c2=O)C1. The smallest absolute Gasteiger partial charge is 0.310 e. The third-order valence-electron chi connectivity index (χ3n) is 5.90. The second-order valence-corrected chi connectivity index (χ2v) is 8.12. The van der Waals surface area contributed by atoms with Crippen molar-refractivity contribution >= 4 is 23.0 Å². The van der Waals surface area contributed by atoms with E-state index in [9.17, 15) is 14.4 Å². The molecule has 1 aliphatic rings. The second kappa shape index (κ2) is 10.5. The highest BCUT2D eigenvalue weighted by molar-refractivity contribution is 5.78. The van der Waals surface area contributed by atoms with E-state index in [1.165, 1.54) is 11.3 Å². The molecule has 1 saturated heterocycles. The second-order valence-electron chi connectivity index (χ2n) is 8.12. The first-order valence-corrected chi connectivity index (χ1v) is 11.3. The Hall–Kier alpha value is -2.83. The van der Waals surface area contributed by atoms with Crippen LogP contribution in [0.4, 0.5) is 17.1 Å². The van der Waals surface area contributed by atoms with Gasteiger partial charge in [0.15, 0.2) is 0 Å². The highest BCUT2D eigenvalue weighted by Gasteiger charge is 2.32. The van der Waals surface area contributed by atoms with Crippen LogP contribution in [0.2, 0.25) is 0 Å². The molecule has 31 heavy (non-hydrogen) atoms. The lowest BCUT2D eigenvalue weighted by molar-refractivity contribution is -0.148. The van der Waals surface area contributed by atoms with Crippen LogP contribution in [0.15, 0.2) is 33.9 Å². The first kappa shape index (κ1) is 22.8. The summed E-state index contributed by atoms with van der Waals surface area (Å²) in [6, 6.07) is 8.42. The summed E-state index contributed by atoms with van der Waals surface area (Å²) in [7, 11) is 0. The van der Waals surface area contributed by atoms with E-state index >= 15 is 0 Å². The summed E-state index contributed by atoms with van der Waals surface area (Å²) in [5.74, 6) is -0.477. The zero-order chi connectivity index (χ0) is 22.4. The highest BCUT2D eigenvalue weighted by atomic mass is 16.5. The summed E-state index contributed by atoms with van der Waals surface area (Å²) in [6.07, 6.45) is 2.38. The molecule has 1 atom stereocenters. The van der Waals surface area contributed by atoms with Crippen molar-refractivity contribution in [1.29, 1.82) is 0 Å². The molecule has 0 spiro atoms. The minimum Gasteiger partial charge on any atom is -0.466 e. The van der Waals surface area contributed by atoms with Crippen molar-refractivity contribution in [2.75, 3.05) is 54.4 Å². The molecule has 168 valence electrons. The van der Waals surface area contributed by atoms with Crippen LogP contribution >= 0.6 is 0 Å². The van der Waals surface area contributed by atoms with E-state index in [1.807, 2.05) is 4.90 Å². The summed E-state index contributed by atoms with van der Waals surface area (Å²) in [5, 5.41) is 3.18. The van der Waals surface area contributed by atoms with Crippen LogP contribution in [0.25, 0.3) is 0 Å². The number of benzene rings is 1. The van der Waals surface area contributed by atoms with E-state index < -0.39 is 10.9 Å². The Morgan fingerprint density at radius 3 is 2.77 bits per heavy atom. The van der Waals surface area contributed by atoms with Crippen LogP contribution in [-0.2, 0) is 9.53 Å². The lowest BCUT2D eigenvalue weighted by Gasteiger charge is -2.34. The Morgan fingerprint density at radius 1 is 1.26 bits per heavy atom. The molecule has 0 radical (unpaired) electrons. The largest absolute Gasteiger partial charge is 0.466 e. The molecule has 0 unspecified atom stereocenters. The van der Waals surface area contributed by atoms with Gasteiger partial charge in [-0.3, -0.25) is 14.4 Å². The third kappa shape index (κ3) is 5.27. The Morgan fingerprint density at radius 2 is 2.06 bits per heavy atom. The predicted molar refractivity (Wildman–Crippen MR) is 125 cm³/mol. The van der Waals surface area contributed by atoms with Crippen LogP contribution in [0.3, 0.4) is 0 Å². The van der Waals surface area contributed by atoms with Crippen LogP contribution in [0, 0.1) is 12.8 Å². The summed E-state index contributed by atoms with van der Waals surface area (Å²) in [6.45, 7) is 9.80. The van der Waals surface area contributed by atoms with Crippen molar-refractivity contribution in [1.82, 2.24) is 0 Å². The molecule has 0 amide bonds. The monoisotopic (exact) mass is 427 g/mol. The van der Waals surface area contributed by atoms with Crippen molar-refractivity contribution in [3.05, 3.63) is 50.3 Å². The van der Waals surface area contributed by atoms with E-state index in [0.29, 0.717) is 37.6 Å². The normalized spacial score (nSPS) is 16.4. The number of nitrogens with zero attached hydrogens (tertiary/aromatic N) is 2. The molecule has 1 N–H and O–H groups in total.